The Labute approximate surface area is 272 Å². The van der Waals surface area contributed by atoms with Crippen molar-refractivity contribution in [2.75, 3.05) is 4.90 Å². The predicted molar refractivity (Wildman–Crippen MR) is 189 cm³/mol. The molecular weight excluding hydrogens is 574 g/mol. The Morgan fingerprint density at radius 2 is 1.19 bits per heavy atom. The molecule has 0 saturated heterocycles. The second kappa shape index (κ2) is 9.47. The van der Waals surface area contributed by atoms with Crippen LogP contribution in [0.5, 0.6) is 0 Å². The molecule has 4 aromatic heterocycles. The van der Waals surface area contributed by atoms with Crippen molar-refractivity contribution in [1.29, 1.82) is 0 Å². The van der Waals surface area contributed by atoms with E-state index >= 15 is 0 Å². The van der Waals surface area contributed by atoms with Gasteiger partial charge in [-0.05, 0) is 95.8 Å². The summed E-state index contributed by atoms with van der Waals surface area (Å²) in [6.45, 7) is 4.39. The van der Waals surface area contributed by atoms with E-state index in [1.165, 1.54) is 44.5 Å². The predicted octanol–water partition coefficient (Wildman–Crippen LogP) is 9.73. The summed E-state index contributed by atoms with van der Waals surface area (Å²) in [5.41, 5.74) is 16.8. The number of rotatable bonds is 2. The molecule has 222 valence electrons. The SMILES string of the molecule is Cc1ccc2c(c1)C1(c3ccccc3-c3ccccc31)c1cc(C)ccc1N2c1ccc2c(n1)c1ncccc1n2-c1cccnc1. The lowest BCUT2D eigenvalue weighted by atomic mass is 9.64. The molecular formula is C42H29N5. The molecule has 47 heavy (non-hydrogen) atoms. The van der Waals surface area contributed by atoms with E-state index in [0.717, 1.165) is 44.9 Å². The zero-order valence-corrected chi connectivity index (χ0v) is 26.0. The highest BCUT2D eigenvalue weighted by molar-refractivity contribution is 6.06. The number of hydrogen-bond acceptors (Lipinski definition) is 4. The zero-order valence-electron chi connectivity index (χ0n) is 26.0. The highest BCUT2D eigenvalue weighted by Crippen LogP contribution is 2.63. The molecule has 0 bridgehead atoms. The van der Waals surface area contributed by atoms with Crippen LogP contribution in [-0.2, 0) is 5.41 Å². The Balaban J connectivity index is 1.30. The Morgan fingerprint density at radius 3 is 1.85 bits per heavy atom. The molecule has 0 unspecified atom stereocenters. The molecule has 8 aromatic rings. The van der Waals surface area contributed by atoms with Gasteiger partial charge in [-0.3, -0.25) is 14.9 Å². The molecule has 0 atom stereocenters. The van der Waals surface area contributed by atoms with E-state index in [1.807, 2.05) is 24.5 Å². The highest BCUT2D eigenvalue weighted by atomic mass is 15.2. The van der Waals surface area contributed by atoms with Gasteiger partial charge in [-0.15, -0.1) is 0 Å². The third-order valence-corrected chi connectivity index (χ3v) is 10.0. The third kappa shape index (κ3) is 3.40. The number of aryl methyl sites for hydroxylation is 2. The molecule has 2 aliphatic rings. The van der Waals surface area contributed by atoms with Crippen molar-refractivity contribution in [2.45, 2.75) is 19.3 Å². The Morgan fingerprint density at radius 1 is 0.553 bits per heavy atom. The van der Waals surface area contributed by atoms with Gasteiger partial charge in [0.25, 0.3) is 0 Å². The quantitative estimate of drug-likeness (QED) is 0.197. The van der Waals surface area contributed by atoms with Gasteiger partial charge < -0.3 is 4.57 Å². The topological polar surface area (TPSA) is 46.8 Å². The summed E-state index contributed by atoms with van der Waals surface area (Å²) in [6, 6.07) is 44.1. The molecule has 1 aliphatic heterocycles. The molecule has 0 amide bonds. The molecule has 5 heterocycles. The number of anilines is 3. The van der Waals surface area contributed by atoms with Crippen LogP contribution in [0.1, 0.15) is 33.4 Å². The number of hydrogen-bond donors (Lipinski definition) is 0. The molecule has 1 spiro atoms. The van der Waals surface area contributed by atoms with Crippen molar-refractivity contribution in [2.24, 2.45) is 0 Å². The normalized spacial score (nSPS) is 13.9. The van der Waals surface area contributed by atoms with Crippen LogP contribution in [0.25, 0.3) is 38.9 Å². The number of benzene rings is 4. The average molecular weight is 604 g/mol. The van der Waals surface area contributed by atoms with Gasteiger partial charge in [0, 0.05) is 12.4 Å². The standard InChI is InChI=1S/C42H29N5/c1-26-15-17-35-33(23-26)42(31-12-5-3-10-29(31)30-11-4-6-13-32(30)42)34-24-27(2)16-18-36(34)47(35)39-20-19-38-41(45-39)40-37(14-8-22-44-40)46(38)28-9-7-21-43-25-28/h3-25H,1-2H3. The summed E-state index contributed by atoms with van der Waals surface area (Å²) in [6.07, 6.45) is 5.53. The Kier molecular flexibility index (Phi) is 5.28. The van der Waals surface area contributed by atoms with E-state index in [2.05, 4.69) is 137 Å². The van der Waals surface area contributed by atoms with Gasteiger partial charge in [-0.25, -0.2) is 4.98 Å². The minimum absolute atomic E-state index is 0.464. The van der Waals surface area contributed by atoms with E-state index in [-0.39, 0.29) is 0 Å². The van der Waals surface area contributed by atoms with Gasteiger partial charge in [-0.2, -0.15) is 0 Å². The largest absolute Gasteiger partial charge is 0.304 e. The molecule has 5 heteroatoms. The summed E-state index contributed by atoms with van der Waals surface area (Å²) in [5.74, 6) is 0.859. The van der Waals surface area contributed by atoms with E-state index in [4.69, 9.17) is 9.97 Å². The minimum atomic E-state index is -0.464. The fraction of sp³-hybridized carbons (Fsp3) is 0.0714. The first-order chi connectivity index (χ1) is 23.1. The number of pyridine rings is 3. The summed E-state index contributed by atoms with van der Waals surface area (Å²) >= 11 is 0. The van der Waals surface area contributed by atoms with Crippen LogP contribution in [0.3, 0.4) is 0 Å². The number of aromatic nitrogens is 4. The lowest BCUT2D eigenvalue weighted by Crippen LogP contribution is -2.36. The molecule has 0 saturated carbocycles. The van der Waals surface area contributed by atoms with E-state index in [0.29, 0.717) is 0 Å². The molecule has 0 N–H and O–H groups in total. The Bertz CT molecular complexity index is 2460. The Hall–Kier alpha value is -6.07. The van der Waals surface area contributed by atoms with Crippen LogP contribution in [0.15, 0.2) is 140 Å². The molecule has 4 aromatic carbocycles. The fourth-order valence-corrected chi connectivity index (χ4v) is 8.20. The second-order valence-electron chi connectivity index (χ2n) is 12.7. The lowest BCUT2D eigenvalue weighted by Gasteiger charge is -2.45. The van der Waals surface area contributed by atoms with Crippen molar-refractivity contribution in [3.63, 3.8) is 0 Å². The summed E-state index contributed by atoms with van der Waals surface area (Å²) in [7, 11) is 0. The maximum atomic E-state index is 5.44. The summed E-state index contributed by atoms with van der Waals surface area (Å²) in [5, 5.41) is 0. The van der Waals surface area contributed by atoms with Gasteiger partial charge in [0.05, 0.1) is 39.7 Å². The molecule has 1 aliphatic carbocycles. The third-order valence-electron chi connectivity index (χ3n) is 10.0. The first-order valence-electron chi connectivity index (χ1n) is 16.0. The summed E-state index contributed by atoms with van der Waals surface area (Å²) in [4.78, 5) is 17.0. The van der Waals surface area contributed by atoms with Crippen molar-refractivity contribution >= 4 is 39.3 Å². The molecule has 0 fully saturated rings. The van der Waals surface area contributed by atoms with Crippen LogP contribution in [0, 0.1) is 13.8 Å². The maximum absolute atomic E-state index is 5.44. The van der Waals surface area contributed by atoms with Crippen LogP contribution >= 0.6 is 0 Å². The average Bonchev–Trinajstić information content (AvgIpc) is 3.60. The molecule has 10 rings (SSSR count). The van der Waals surface area contributed by atoms with Crippen LogP contribution in [0.2, 0.25) is 0 Å². The van der Waals surface area contributed by atoms with Crippen LogP contribution in [0.4, 0.5) is 17.2 Å². The lowest BCUT2D eigenvalue weighted by molar-refractivity contribution is 0.749. The monoisotopic (exact) mass is 603 g/mol. The fourth-order valence-electron chi connectivity index (χ4n) is 8.20. The van der Waals surface area contributed by atoms with Crippen LogP contribution in [-0.4, -0.2) is 19.5 Å². The number of fused-ring (bicyclic) bond motifs is 12. The first-order valence-corrected chi connectivity index (χ1v) is 16.0. The van der Waals surface area contributed by atoms with E-state index in [1.54, 1.807) is 6.20 Å². The summed E-state index contributed by atoms with van der Waals surface area (Å²) < 4.78 is 2.20. The van der Waals surface area contributed by atoms with Crippen molar-refractivity contribution in [1.82, 2.24) is 19.5 Å². The van der Waals surface area contributed by atoms with Crippen LogP contribution < -0.4 is 4.90 Å². The first kappa shape index (κ1) is 26.2. The van der Waals surface area contributed by atoms with Gasteiger partial charge in [0.15, 0.2) is 0 Å². The van der Waals surface area contributed by atoms with E-state index in [9.17, 15) is 0 Å². The van der Waals surface area contributed by atoms with Crippen molar-refractivity contribution < 1.29 is 0 Å². The van der Waals surface area contributed by atoms with Gasteiger partial charge in [0.2, 0.25) is 0 Å². The zero-order chi connectivity index (χ0) is 31.3. The second-order valence-corrected chi connectivity index (χ2v) is 12.7. The maximum Gasteiger partial charge on any atom is 0.138 e. The molecule has 0 radical (unpaired) electrons. The minimum Gasteiger partial charge on any atom is -0.304 e. The van der Waals surface area contributed by atoms with Crippen molar-refractivity contribution in [3.8, 4) is 16.8 Å². The van der Waals surface area contributed by atoms with Gasteiger partial charge >= 0.3 is 0 Å². The van der Waals surface area contributed by atoms with E-state index < -0.39 is 5.41 Å². The van der Waals surface area contributed by atoms with Gasteiger partial charge in [0.1, 0.15) is 16.9 Å². The number of nitrogens with zero attached hydrogens (tertiary/aromatic N) is 5. The van der Waals surface area contributed by atoms with Gasteiger partial charge in [-0.1, -0.05) is 83.9 Å². The highest BCUT2D eigenvalue weighted by Gasteiger charge is 2.51. The van der Waals surface area contributed by atoms with Crippen molar-refractivity contribution in [3.05, 3.63) is 173 Å². The smallest absolute Gasteiger partial charge is 0.138 e. The molecule has 5 nitrogen and oxygen atoms in total.